The fraction of sp³-hybridized carbons (Fsp3) is 0.138. The maximum atomic E-state index is 14.5. The largest absolute Gasteiger partial charge is 0.494 e. The van der Waals surface area contributed by atoms with Gasteiger partial charge in [-0.2, -0.15) is 10.2 Å². The lowest BCUT2D eigenvalue weighted by Crippen LogP contribution is -2.07. The minimum Gasteiger partial charge on any atom is -0.494 e. The zero-order chi connectivity index (χ0) is 31.4. The van der Waals surface area contributed by atoms with Crippen LogP contribution in [0.5, 0.6) is 11.5 Å². The molecule has 0 aliphatic carbocycles. The van der Waals surface area contributed by atoms with E-state index in [1.807, 2.05) is 31.1 Å². The molecular formula is C29H22F5N5O4. The molecule has 4 aromatic carbocycles. The van der Waals surface area contributed by atoms with E-state index in [1.165, 1.54) is 26.4 Å². The summed E-state index contributed by atoms with van der Waals surface area (Å²) in [6.45, 7) is 0. The standard InChI is InChI=1S/C29H22F5N5O4/c1-39(2)16-8-5-14(6-9-16)35-37-19-12-22(43-4)20(13-21(19)42-3)38-36-15-7-10-17(29(40)41)18(11-15)23-24(30)26(32)28(34)27(33)25(23)31/h5-13H,1-4H3,(H,40,41)/b37-35+,38-36+. The van der Waals surface area contributed by atoms with E-state index in [2.05, 4.69) is 20.5 Å². The van der Waals surface area contributed by atoms with Crippen LogP contribution in [0, 0.1) is 29.1 Å². The molecule has 0 saturated heterocycles. The second kappa shape index (κ2) is 12.6. The molecule has 4 rings (SSSR count). The maximum absolute atomic E-state index is 14.5. The van der Waals surface area contributed by atoms with Gasteiger partial charge in [-0.05, 0) is 42.5 Å². The first-order valence-electron chi connectivity index (χ1n) is 12.2. The number of ether oxygens (including phenoxy) is 2. The fourth-order valence-electron chi connectivity index (χ4n) is 3.89. The summed E-state index contributed by atoms with van der Waals surface area (Å²) in [6.07, 6.45) is 0. The first kappa shape index (κ1) is 30.6. The Balaban J connectivity index is 1.73. The van der Waals surface area contributed by atoms with Gasteiger partial charge >= 0.3 is 5.97 Å². The summed E-state index contributed by atoms with van der Waals surface area (Å²) in [4.78, 5) is 13.6. The second-order valence-corrected chi connectivity index (χ2v) is 8.99. The van der Waals surface area contributed by atoms with E-state index in [0.717, 1.165) is 23.9 Å². The normalized spacial score (nSPS) is 11.4. The Morgan fingerprint density at radius 2 is 1.14 bits per heavy atom. The number of benzene rings is 4. The number of methoxy groups -OCH3 is 2. The number of hydrogen-bond acceptors (Lipinski definition) is 8. The Bertz CT molecular complexity index is 1730. The van der Waals surface area contributed by atoms with Gasteiger partial charge in [0.1, 0.15) is 22.9 Å². The number of anilines is 1. The molecule has 0 aliphatic rings. The van der Waals surface area contributed by atoms with Crippen LogP contribution in [-0.4, -0.2) is 39.4 Å². The van der Waals surface area contributed by atoms with Crippen LogP contribution in [0.3, 0.4) is 0 Å². The highest BCUT2D eigenvalue weighted by molar-refractivity contribution is 5.97. The van der Waals surface area contributed by atoms with E-state index >= 15 is 0 Å². The van der Waals surface area contributed by atoms with Gasteiger partial charge in [0.05, 0.1) is 36.7 Å². The molecule has 43 heavy (non-hydrogen) atoms. The van der Waals surface area contributed by atoms with Crippen LogP contribution in [-0.2, 0) is 0 Å². The van der Waals surface area contributed by atoms with Crippen molar-refractivity contribution in [3.63, 3.8) is 0 Å². The van der Waals surface area contributed by atoms with Crippen molar-refractivity contribution in [2.45, 2.75) is 0 Å². The summed E-state index contributed by atoms with van der Waals surface area (Å²) in [5.74, 6) is -12.5. The maximum Gasteiger partial charge on any atom is 0.336 e. The van der Waals surface area contributed by atoms with Crippen LogP contribution in [0.2, 0.25) is 0 Å². The lowest BCUT2D eigenvalue weighted by molar-refractivity contribution is 0.0697. The molecule has 0 spiro atoms. The number of carboxylic acid groups (broad SMARTS) is 1. The zero-order valence-electron chi connectivity index (χ0n) is 23.0. The third-order valence-electron chi connectivity index (χ3n) is 6.11. The van der Waals surface area contributed by atoms with Gasteiger partial charge in [0.25, 0.3) is 0 Å². The first-order chi connectivity index (χ1) is 20.5. The van der Waals surface area contributed by atoms with E-state index in [-0.39, 0.29) is 28.6 Å². The molecule has 1 N–H and O–H groups in total. The molecule has 0 atom stereocenters. The molecule has 0 bridgehead atoms. The average Bonchev–Trinajstić information content (AvgIpc) is 3.00. The van der Waals surface area contributed by atoms with Crippen LogP contribution < -0.4 is 14.4 Å². The number of carboxylic acids is 1. The predicted molar refractivity (Wildman–Crippen MR) is 147 cm³/mol. The molecule has 0 heterocycles. The average molecular weight is 600 g/mol. The van der Waals surface area contributed by atoms with Gasteiger partial charge in [0.15, 0.2) is 23.3 Å². The monoisotopic (exact) mass is 599 g/mol. The Morgan fingerprint density at radius 1 is 0.674 bits per heavy atom. The summed E-state index contributed by atoms with van der Waals surface area (Å²) in [5, 5.41) is 25.9. The Hall–Kier alpha value is -5.40. The lowest BCUT2D eigenvalue weighted by atomic mass is 9.97. The van der Waals surface area contributed by atoms with E-state index in [4.69, 9.17) is 9.47 Å². The number of carbonyl (C=O) groups is 1. The number of azo groups is 2. The van der Waals surface area contributed by atoms with Gasteiger partial charge in [-0.25, -0.2) is 26.7 Å². The molecular weight excluding hydrogens is 577 g/mol. The smallest absolute Gasteiger partial charge is 0.336 e. The highest BCUT2D eigenvalue weighted by Crippen LogP contribution is 2.42. The molecule has 0 aliphatic heterocycles. The Kier molecular flexibility index (Phi) is 8.98. The minimum atomic E-state index is -2.38. The van der Waals surface area contributed by atoms with Crippen LogP contribution in [0.25, 0.3) is 11.1 Å². The Morgan fingerprint density at radius 3 is 1.60 bits per heavy atom. The van der Waals surface area contributed by atoms with E-state index in [0.29, 0.717) is 5.69 Å². The molecule has 9 nitrogen and oxygen atoms in total. The van der Waals surface area contributed by atoms with Crippen LogP contribution in [0.1, 0.15) is 10.4 Å². The van der Waals surface area contributed by atoms with Crippen molar-refractivity contribution in [3.05, 3.63) is 89.2 Å². The zero-order valence-corrected chi connectivity index (χ0v) is 23.0. The molecule has 4 aromatic rings. The van der Waals surface area contributed by atoms with Crippen molar-refractivity contribution in [2.24, 2.45) is 20.5 Å². The van der Waals surface area contributed by atoms with Crippen LogP contribution in [0.15, 0.2) is 75.1 Å². The second-order valence-electron chi connectivity index (χ2n) is 8.99. The first-order valence-corrected chi connectivity index (χ1v) is 12.2. The van der Waals surface area contributed by atoms with Crippen LogP contribution in [0.4, 0.5) is 50.4 Å². The van der Waals surface area contributed by atoms with Gasteiger partial charge in [-0.3, -0.25) is 0 Å². The molecule has 0 radical (unpaired) electrons. The van der Waals surface area contributed by atoms with Gasteiger partial charge in [0, 0.05) is 37.5 Å². The van der Waals surface area contributed by atoms with Gasteiger partial charge in [-0.15, -0.1) is 10.2 Å². The van der Waals surface area contributed by atoms with Gasteiger partial charge in [0.2, 0.25) is 5.82 Å². The van der Waals surface area contributed by atoms with Gasteiger partial charge in [-0.1, -0.05) is 0 Å². The number of nitrogens with zero attached hydrogens (tertiary/aromatic N) is 5. The van der Waals surface area contributed by atoms with Crippen LogP contribution >= 0.6 is 0 Å². The molecule has 0 aromatic heterocycles. The van der Waals surface area contributed by atoms with Gasteiger partial charge < -0.3 is 19.5 Å². The predicted octanol–water partition coefficient (Wildman–Crippen LogP) is 8.66. The Labute approximate surface area is 241 Å². The van der Waals surface area contributed by atoms with E-state index in [1.54, 1.807) is 12.1 Å². The lowest BCUT2D eigenvalue weighted by Gasteiger charge is -2.12. The van der Waals surface area contributed by atoms with Crippen molar-refractivity contribution in [1.29, 1.82) is 0 Å². The number of rotatable bonds is 9. The minimum absolute atomic E-state index is 0.105. The third-order valence-corrected chi connectivity index (χ3v) is 6.11. The highest BCUT2D eigenvalue weighted by Gasteiger charge is 2.29. The highest BCUT2D eigenvalue weighted by atomic mass is 19.2. The number of halogens is 5. The molecule has 0 saturated carbocycles. The molecule has 0 amide bonds. The number of aromatic carboxylic acids is 1. The van der Waals surface area contributed by atoms with Crippen molar-refractivity contribution < 1.29 is 41.3 Å². The topological polar surface area (TPSA) is 108 Å². The molecule has 14 heteroatoms. The summed E-state index contributed by atoms with van der Waals surface area (Å²) < 4.78 is 81.2. The fourth-order valence-corrected chi connectivity index (χ4v) is 3.89. The van der Waals surface area contributed by atoms with Crippen molar-refractivity contribution in [1.82, 2.24) is 0 Å². The molecule has 0 unspecified atom stereocenters. The van der Waals surface area contributed by atoms with Crippen molar-refractivity contribution in [2.75, 3.05) is 33.2 Å². The SMILES string of the molecule is COc1cc(/N=N/c2ccc(C(=O)O)c(-c3c(F)c(F)c(F)c(F)c3F)c2)c(OC)cc1/N=N/c1ccc(N(C)C)cc1. The van der Waals surface area contributed by atoms with Crippen molar-refractivity contribution in [3.8, 4) is 22.6 Å². The summed E-state index contributed by atoms with van der Waals surface area (Å²) >= 11 is 0. The quantitative estimate of drug-likeness (QED) is 0.0896. The van der Waals surface area contributed by atoms with E-state index in [9.17, 15) is 31.9 Å². The van der Waals surface area contributed by atoms with E-state index < -0.39 is 51.7 Å². The third kappa shape index (κ3) is 6.27. The summed E-state index contributed by atoms with van der Waals surface area (Å²) in [7, 11) is 6.55. The summed E-state index contributed by atoms with van der Waals surface area (Å²) in [6, 6.07) is 13.1. The molecule has 0 fully saturated rings. The van der Waals surface area contributed by atoms with Crippen molar-refractivity contribution >= 4 is 34.4 Å². The molecule has 222 valence electrons. The number of hydrogen-bond donors (Lipinski definition) is 1. The summed E-state index contributed by atoms with van der Waals surface area (Å²) in [5.41, 5.74) is -1.17.